The molecule has 0 saturated heterocycles. The van der Waals surface area contributed by atoms with E-state index in [9.17, 15) is 19.8 Å². The molecule has 522 valence electrons. The molecule has 3 N–H and O–H groups in total. The molecule has 0 radical (unpaired) electrons. The Labute approximate surface area is 551 Å². The van der Waals surface area contributed by atoms with Crippen molar-refractivity contribution in [2.75, 3.05) is 13.2 Å². The van der Waals surface area contributed by atoms with Gasteiger partial charge in [0.25, 0.3) is 0 Å². The van der Waals surface area contributed by atoms with Crippen molar-refractivity contribution < 1.29 is 24.5 Å². The molecule has 0 aromatic carbocycles. The van der Waals surface area contributed by atoms with Crippen LogP contribution in [0.5, 0.6) is 0 Å². The van der Waals surface area contributed by atoms with Gasteiger partial charge < -0.3 is 20.3 Å². The number of hydrogen-bond acceptors (Lipinski definition) is 5. The molecular weight excluding hydrogens is 1080 g/mol. The molecule has 0 aromatic heterocycles. The summed E-state index contributed by atoms with van der Waals surface area (Å²) in [5.41, 5.74) is 0. The first kappa shape index (κ1) is 86.3. The van der Waals surface area contributed by atoms with E-state index in [0.717, 1.165) is 51.4 Å². The molecule has 0 spiro atoms. The van der Waals surface area contributed by atoms with Crippen LogP contribution in [0.25, 0.3) is 0 Å². The van der Waals surface area contributed by atoms with Gasteiger partial charge in [-0.25, -0.2) is 0 Å². The van der Waals surface area contributed by atoms with Crippen LogP contribution in [0.4, 0.5) is 0 Å². The first-order chi connectivity index (χ1) is 43.5. The molecule has 0 rings (SSSR count). The van der Waals surface area contributed by atoms with E-state index in [1.807, 2.05) is 0 Å². The zero-order chi connectivity index (χ0) is 63.5. The van der Waals surface area contributed by atoms with Gasteiger partial charge in [-0.05, 0) is 57.8 Å². The molecule has 2 atom stereocenters. The number of aliphatic hydroxyl groups is 2. The van der Waals surface area contributed by atoms with Crippen LogP contribution in [0.3, 0.4) is 0 Å². The number of amides is 1. The van der Waals surface area contributed by atoms with E-state index in [4.69, 9.17) is 4.74 Å². The molecule has 0 heterocycles. The Balaban J connectivity index is 3.29. The maximum atomic E-state index is 12.5. The monoisotopic (exact) mass is 1240 g/mol. The summed E-state index contributed by atoms with van der Waals surface area (Å²) in [5.74, 6) is -0.00826. The van der Waals surface area contributed by atoms with Crippen LogP contribution >= 0.6 is 0 Å². The third kappa shape index (κ3) is 73.4. The summed E-state index contributed by atoms with van der Waals surface area (Å²) >= 11 is 0. The zero-order valence-corrected chi connectivity index (χ0v) is 60.0. The summed E-state index contributed by atoms with van der Waals surface area (Å²) < 4.78 is 5.51. The smallest absolute Gasteiger partial charge is 0.305 e. The topological polar surface area (TPSA) is 95.9 Å². The van der Waals surface area contributed by atoms with E-state index in [-0.39, 0.29) is 18.5 Å². The lowest BCUT2D eigenvalue weighted by Crippen LogP contribution is -2.45. The molecule has 2 unspecified atom stereocenters. The Kier molecular flexibility index (Phi) is 76.3. The number of carbonyl (C=O) groups excluding carboxylic acids is 2. The maximum Gasteiger partial charge on any atom is 0.305 e. The molecule has 0 aliphatic rings. The molecule has 0 bridgehead atoms. The fourth-order valence-corrected chi connectivity index (χ4v) is 13.1. The molecule has 0 aromatic rings. The highest BCUT2D eigenvalue weighted by molar-refractivity contribution is 5.76. The molecule has 6 heteroatoms. The molecule has 6 nitrogen and oxygen atoms in total. The molecular formula is C82H159NO5. The average Bonchev–Trinajstić information content (AvgIpc) is 3.58. The van der Waals surface area contributed by atoms with E-state index < -0.39 is 12.1 Å². The number of rotatable bonds is 77. The zero-order valence-electron chi connectivity index (χ0n) is 60.0. The van der Waals surface area contributed by atoms with E-state index in [2.05, 4.69) is 43.5 Å². The molecule has 0 aliphatic carbocycles. The van der Waals surface area contributed by atoms with Crippen LogP contribution in [0.2, 0.25) is 0 Å². The second-order valence-corrected chi connectivity index (χ2v) is 28.1. The predicted octanol–water partition coefficient (Wildman–Crippen LogP) is 26.8. The molecule has 88 heavy (non-hydrogen) atoms. The summed E-state index contributed by atoms with van der Waals surface area (Å²) in [6, 6.07) is -0.537. The second kappa shape index (κ2) is 77.8. The lowest BCUT2D eigenvalue weighted by molar-refractivity contribution is -0.143. The highest BCUT2D eigenvalue weighted by atomic mass is 16.5. The molecule has 0 aliphatic heterocycles. The van der Waals surface area contributed by atoms with E-state index in [1.165, 1.54) is 379 Å². The van der Waals surface area contributed by atoms with Crippen molar-refractivity contribution in [3.05, 3.63) is 24.3 Å². The predicted molar refractivity (Wildman–Crippen MR) is 389 cm³/mol. The first-order valence-corrected chi connectivity index (χ1v) is 40.6. The third-order valence-electron chi connectivity index (χ3n) is 19.3. The molecule has 0 saturated carbocycles. The van der Waals surface area contributed by atoms with Gasteiger partial charge >= 0.3 is 5.97 Å². The van der Waals surface area contributed by atoms with Gasteiger partial charge in [-0.1, -0.05) is 417 Å². The van der Waals surface area contributed by atoms with Crippen molar-refractivity contribution in [3.8, 4) is 0 Å². The van der Waals surface area contributed by atoms with E-state index >= 15 is 0 Å². The Morgan fingerprint density at radius 1 is 0.318 bits per heavy atom. The Morgan fingerprint density at radius 3 is 0.886 bits per heavy atom. The van der Waals surface area contributed by atoms with E-state index in [1.54, 1.807) is 0 Å². The van der Waals surface area contributed by atoms with Crippen LogP contribution in [0.15, 0.2) is 24.3 Å². The summed E-state index contributed by atoms with van der Waals surface area (Å²) in [6.07, 6.45) is 100. The Bertz CT molecular complexity index is 1380. The SMILES string of the molecule is CCCCC/C=C\C/C=C\CCCCCCCCCC(=O)OCCCCCCCCCCCCCCCCCCCCCCCCCCCCCCCCCCCCCCCC(=O)NC(CO)C(O)CCCCCCCCCCCCCCCCCCC. The number of allylic oxidation sites excluding steroid dienone is 4. The van der Waals surface area contributed by atoms with Crippen molar-refractivity contribution in [2.24, 2.45) is 0 Å². The fraction of sp³-hybridized carbons (Fsp3) is 0.927. The first-order valence-electron chi connectivity index (χ1n) is 40.6. The van der Waals surface area contributed by atoms with Crippen LogP contribution < -0.4 is 5.32 Å². The summed E-state index contributed by atoms with van der Waals surface area (Å²) in [5, 5.41) is 23.4. The Hall–Kier alpha value is -1.66. The number of unbranched alkanes of at least 4 members (excludes halogenated alkanes) is 62. The normalized spacial score (nSPS) is 12.5. The van der Waals surface area contributed by atoms with Gasteiger partial charge in [-0.3, -0.25) is 9.59 Å². The molecule has 1 amide bonds. The maximum absolute atomic E-state index is 12.5. The van der Waals surface area contributed by atoms with Gasteiger partial charge in [-0.2, -0.15) is 0 Å². The van der Waals surface area contributed by atoms with Crippen molar-refractivity contribution in [1.29, 1.82) is 0 Å². The van der Waals surface area contributed by atoms with Gasteiger partial charge in [-0.15, -0.1) is 0 Å². The Morgan fingerprint density at radius 2 is 0.568 bits per heavy atom. The van der Waals surface area contributed by atoms with E-state index in [0.29, 0.717) is 25.9 Å². The summed E-state index contributed by atoms with van der Waals surface area (Å²) in [4.78, 5) is 24.7. The largest absolute Gasteiger partial charge is 0.466 e. The van der Waals surface area contributed by atoms with Gasteiger partial charge in [0.1, 0.15) is 0 Å². The highest BCUT2D eigenvalue weighted by Crippen LogP contribution is 2.20. The lowest BCUT2D eigenvalue weighted by atomic mass is 10.0. The minimum Gasteiger partial charge on any atom is -0.466 e. The van der Waals surface area contributed by atoms with Crippen LogP contribution in [0, 0.1) is 0 Å². The van der Waals surface area contributed by atoms with Gasteiger partial charge in [0.05, 0.1) is 25.4 Å². The van der Waals surface area contributed by atoms with Gasteiger partial charge in [0.2, 0.25) is 5.91 Å². The number of esters is 1. The number of hydrogen-bond donors (Lipinski definition) is 3. The minimum atomic E-state index is -0.660. The van der Waals surface area contributed by atoms with Crippen molar-refractivity contribution in [2.45, 2.75) is 475 Å². The number of ether oxygens (including phenoxy) is 1. The lowest BCUT2D eigenvalue weighted by Gasteiger charge is -2.22. The number of nitrogens with one attached hydrogen (secondary N) is 1. The number of carbonyl (C=O) groups is 2. The third-order valence-corrected chi connectivity index (χ3v) is 19.3. The van der Waals surface area contributed by atoms with Crippen LogP contribution in [-0.2, 0) is 14.3 Å². The standard InChI is InChI=1S/C82H159NO5/c1-3-5-7-9-11-13-15-17-19-42-46-50-54-58-62-66-70-74-80(85)79(78-84)83-81(86)75-71-67-63-59-55-51-47-44-40-38-36-34-32-30-28-26-24-22-21-23-25-27-29-31-33-35-37-39-41-45-49-53-57-61-65-69-73-77-88-82(87)76-72-68-64-60-56-52-48-43-20-18-16-14-12-10-8-6-4-2/h12,14,18,20,79-80,84-85H,3-11,13,15-17,19,21-78H2,1-2H3,(H,83,86)/b14-12-,20-18-. The average molecular weight is 1240 g/mol. The van der Waals surface area contributed by atoms with Crippen molar-refractivity contribution >= 4 is 11.9 Å². The fourth-order valence-electron chi connectivity index (χ4n) is 13.1. The quantitative estimate of drug-likeness (QED) is 0.0320. The van der Waals surface area contributed by atoms with Crippen LogP contribution in [0.1, 0.15) is 463 Å². The van der Waals surface area contributed by atoms with Gasteiger partial charge in [0, 0.05) is 12.8 Å². The van der Waals surface area contributed by atoms with Crippen molar-refractivity contribution in [3.63, 3.8) is 0 Å². The summed E-state index contributed by atoms with van der Waals surface area (Å²) in [6.45, 7) is 4.98. The van der Waals surface area contributed by atoms with Crippen LogP contribution in [-0.4, -0.2) is 47.4 Å². The molecule has 0 fully saturated rings. The number of aliphatic hydroxyl groups excluding tert-OH is 2. The van der Waals surface area contributed by atoms with Crippen molar-refractivity contribution in [1.82, 2.24) is 5.32 Å². The minimum absolute atomic E-state index is 0.0165. The van der Waals surface area contributed by atoms with Gasteiger partial charge in [0.15, 0.2) is 0 Å². The highest BCUT2D eigenvalue weighted by Gasteiger charge is 2.20. The second-order valence-electron chi connectivity index (χ2n) is 28.1. The summed E-state index contributed by atoms with van der Waals surface area (Å²) in [7, 11) is 0.